The van der Waals surface area contributed by atoms with Gasteiger partial charge in [-0.1, -0.05) is 38.1 Å². The number of hydrogen-bond acceptors (Lipinski definition) is 4. The smallest absolute Gasteiger partial charge is 0.326 e. The van der Waals surface area contributed by atoms with E-state index in [4.69, 9.17) is 9.52 Å². The number of benzene rings is 1. The first-order valence-electron chi connectivity index (χ1n) is 9.37. The molecule has 2 aromatic rings. The summed E-state index contributed by atoms with van der Waals surface area (Å²) in [7, 11) is 0. The molecule has 0 radical (unpaired) electrons. The van der Waals surface area contributed by atoms with Gasteiger partial charge < -0.3 is 24.8 Å². The van der Waals surface area contributed by atoms with E-state index >= 15 is 0 Å². The van der Waals surface area contributed by atoms with Crippen LogP contribution in [0.4, 0.5) is 4.79 Å². The summed E-state index contributed by atoms with van der Waals surface area (Å²) in [5.41, 5.74) is 2.61. The maximum absolute atomic E-state index is 12.6. The lowest BCUT2D eigenvalue weighted by molar-refractivity contribution is -0.139. The molecule has 29 heavy (non-hydrogen) atoms. The van der Waals surface area contributed by atoms with Crippen LogP contribution >= 0.6 is 0 Å². The highest BCUT2D eigenvalue weighted by Gasteiger charge is 2.24. The van der Waals surface area contributed by atoms with Gasteiger partial charge in [0.15, 0.2) is 0 Å². The second-order valence-corrected chi connectivity index (χ2v) is 7.24. The summed E-state index contributed by atoms with van der Waals surface area (Å²) in [5.74, 6) is -2.05. The van der Waals surface area contributed by atoms with Crippen LogP contribution in [0.15, 0.2) is 47.3 Å². The number of carbonyl (C=O) groups is 3. The van der Waals surface area contributed by atoms with E-state index in [0.717, 1.165) is 16.7 Å². The highest BCUT2D eigenvalue weighted by atomic mass is 16.4. The minimum absolute atomic E-state index is 0.0189. The molecule has 0 unspecified atom stereocenters. The molecule has 0 fully saturated rings. The number of carboxylic acids is 2. The number of rotatable bonds is 10. The van der Waals surface area contributed by atoms with E-state index in [-0.39, 0.29) is 25.3 Å². The molecule has 1 atom stereocenters. The van der Waals surface area contributed by atoms with Gasteiger partial charge in [0.2, 0.25) is 0 Å². The zero-order chi connectivity index (χ0) is 21.4. The quantitative estimate of drug-likeness (QED) is 0.562. The van der Waals surface area contributed by atoms with E-state index in [1.165, 1.54) is 4.90 Å². The van der Waals surface area contributed by atoms with Gasteiger partial charge in [0, 0.05) is 25.1 Å². The molecule has 3 N–H and O–H groups in total. The maximum atomic E-state index is 12.6. The van der Waals surface area contributed by atoms with Crippen LogP contribution in [-0.4, -0.2) is 52.2 Å². The first kappa shape index (κ1) is 22.0. The minimum atomic E-state index is -1.15. The number of hydrogen-bond donors (Lipinski definition) is 3. The molecule has 8 nitrogen and oxygen atoms in total. The van der Waals surface area contributed by atoms with Gasteiger partial charge in [0.25, 0.3) is 0 Å². The highest BCUT2D eigenvalue weighted by molar-refractivity contribution is 5.83. The van der Waals surface area contributed by atoms with E-state index in [2.05, 4.69) is 5.32 Å². The first-order chi connectivity index (χ1) is 13.8. The molecule has 0 spiro atoms. The zero-order valence-corrected chi connectivity index (χ0v) is 16.5. The third-order valence-corrected chi connectivity index (χ3v) is 4.31. The number of carbonyl (C=O) groups excluding carboxylic acids is 1. The van der Waals surface area contributed by atoms with Crippen molar-refractivity contribution < 1.29 is 29.0 Å². The fourth-order valence-corrected chi connectivity index (χ4v) is 2.89. The summed E-state index contributed by atoms with van der Waals surface area (Å²) in [6.07, 6.45) is 3.11. The van der Waals surface area contributed by atoms with Gasteiger partial charge >= 0.3 is 18.0 Å². The van der Waals surface area contributed by atoms with Crippen LogP contribution in [0, 0.1) is 5.92 Å². The van der Waals surface area contributed by atoms with Gasteiger partial charge in [0.05, 0.1) is 18.9 Å². The Morgan fingerprint density at radius 3 is 2.28 bits per heavy atom. The van der Waals surface area contributed by atoms with Crippen molar-refractivity contribution in [1.82, 2.24) is 10.2 Å². The van der Waals surface area contributed by atoms with Gasteiger partial charge in [-0.05, 0) is 23.1 Å². The van der Waals surface area contributed by atoms with Gasteiger partial charge in [-0.2, -0.15) is 0 Å². The van der Waals surface area contributed by atoms with Gasteiger partial charge in [-0.3, -0.25) is 4.79 Å². The Hall–Kier alpha value is -3.29. The fraction of sp³-hybridized carbons (Fsp3) is 0.381. The van der Waals surface area contributed by atoms with Gasteiger partial charge in [0.1, 0.15) is 6.04 Å². The fourth-order valence-electron chi connectivity index (χ4n) is 2.89. The normalized spacial score (nSPS) is 11.8. The molecule has 1 heterocycles. The molecule has 1 aromatic carbocycles. The molecule has 0 bridgehead atoms. The predicted molar refractivity (Wildman–Crippen MR) is 106 cm³/mol. The minimum Gasteiger partial charge on any atom is -0.481 e. The van der Waals surface area contributed by atoms with Crippen LogP contribution in [0.25, 0.3) is 11.1 Å². The summed E-state index contributed by atoms with van der Waals surface area (Å²) in [5, 5.41) is 20.9. The Kier molecular flexibility index (Phi) is 7.82. The Balaban J connectivity index is 2.04. The molecule has 156 valence electrons. The lowest BCUT2D eigenvalue weighted by atomic mass is 10.0. The molecule has 0 saturated carbocycles. The average Bonchev–Trinajstić information content (AvgIpc) is 3.19. The molecular weight excluding hydrogens is 376 g/mol. The van der Waals surface area contributed by atoms with Gasteiger partial charge in [-0.25, -0.2) is 9.59 Å². The number of urea groups is 1. The molecule has 0 aliphatic rings. The molecule has 1 aromatic heterocycles. The number of amides is 2. The molecule has 0 saturated heterocycles. The largest absolute Gasteiger partial charge is 0.481 e. The van der Waals surface area contributed by atoms with E-state index < -0.39 is 24.0 Å². The monoisotopic (exact) mass is 402 g/mol. The van der Waals surface area contributed by atoms with Crippen LogP contribution < -0.4 is 5.32 Å². The Bertz CT molecular complexity index is 814. The van der Waals surface area contributed by atoms with Crippen LogP contribution in [0.2, 0.25) is 0 Å². The van der Waals surface area contributed by atoms with Crippen molar-refractivity contribution in [3.63, 3.8) is 0 Å². The predicted octanol–water partition coefficient (Wildman–Crippen LogP) is 3.08. The summed E-state index contributed by atoms with van der Waals surface area (Å²) in [6.45, 7) is 4.16. The molecule has 2 amide bonds. The van der Waals surface area contributed by atoms with E-state index in [1.54, 1.807) is 24.7 Å². The number of aliphatic carboxylic acids is 2. The van der Waals surface area contributed by atoms with Crippen molar-refractivity contribution in [3.8, 4) is 11.1 Å². The topological polar surface area (TPSA) is 120 Å². The van der Waals surface area contributed by atoms with Gasteiger partial charge in [-0.15, -0.1) is 0 Å². The molecule has 8 heteroatoms. The SMILES string of the molecule is CC(C)CN(CCC(=O)O)C(=O)N[C@@H](Cc1ccc(-c2ccoc2)cc1)C(=O)O. The van der Waals surface area contributed by atoms with Crippen molar-refractivity contribution in [2.45, 2.75) is 32.7 Å². The zero-order valence-electron chi connectivity index (χ0n) is 16.5. The third kappa shape index (κ3) is 6.99. The second kappa shape index (κ2) is 10.3. The number of carboxylic acid groups (broad SMARTS) is 2. The standard InChI is InChI=1S/C21H26N2O6/c1-14(2)12-23(9-7-19(24)25)21(28)22-18(20(26)27)11-15-3-5-16(6-4-15)17-8-10-29-13-17/h3-6,8,10,13-14,18H,7,9,11-12H2,1-2H3,(H,22,28)(H,24,25)(H,26,27)/t18-/m0/s1. The van der Waals surface area contributed by atoms with Crippen LogP contribution in [0.3, 0.4) is 0 Å². The summed E-state index contributed by atoms with van der Waals surface area (Å²) in [6, 6.07) is 7.46. The first-order valence-corrected chi connectivity index (χ1v) is 9.37. The average molecular weight is 402 g/mol. The lowest BCUT2D eigenvalue weighted by Crippen LogP contribution is -2.50. The molecule has 0 aliphatic heterocycles. The molecular formula is C21H26N2O6. The van der Waals surface area contributed by atoms with Crippen molar-refractivity contribution in [2.75, 3.05) is 13.1 Å². The highest BCUT2D eigenvalue weighted by Crippen LogP contribution is 2.20. The third-order valence-electron chi connectivity index (χ3n) is 4.31. The number of nitrogens with one attached hydrogen (secondary N) is 1. The van der Waals surface area contributed by atoms with Crippen molar-refractivity contribution >= 4 is 18.0 Å². The van der Waals surface area contributed by atoms with E-state index in [1.807, 2.05) is 32.0 Å². The van der Waals surface area contributed by atoms with Crippen molar-refractivity contribution in [2.24, 2.45) is 5.92 Å². The molecule has 2 rings (SSSR count). The molecule has 0 aliphatic carbocycles. The lowest BCUT2D eigenvalue weighted by Gasteiger charge is -2.26. The number of nitrogens with zero attached hydrogens (tertiary/aromatic N) is 1. The summed E-state index contributed by atoms with van der Waals surface area (Å²) >= 11 is 0. The van der Waals surface area contributed by atoms with Crippen LogP contribution in [0.1, 0.15) is 25.8 Å². The second-order valence-electron chi connectivity index (χ2n) is 7.24. The Morgan fingerprint density at radius 1 is 1.07 bits per heavy atom. The van der Waals surface area contributed by atoms with E-state index in [9.17, 15) is 19.5 Å². The number of furan rings is 1. The maximum Gasteiger partial charge on any atom is 0.326 e. The summed E-state index contributed by atoms with van der Waals surface area (Å²) < 4.78 is 5.06. The van der Waals surface area contributed by atoms with Crippen molar-refractivity contribution in [1.29, 1.82) is 0 Å². The van der Waals surface area contributed by atoms with E-state index in [0.29, 0.717) is 6.54 Å². The van der Waals surface area contributed by atoms with Crippen molar-refractivity contribution in [3.05, 3.63) is 48.4 Å². The summed E-state index contributed by atoms with van der Waals surface area (Å²) in [4.78, 5) is 36.4. The van der Waals surface area contributed by atoms with Crippen LogP contribution in [0.5, 0.6) is 0 Å². The Labute approximate surface area is 169 Å². The van der Waals surface area contributed by atoms with Crippen LogP contribution in [-0.2, 0) is 16.0 Å². The Morgan fingerprint density at radius 2 is 1.76 bits per heavy atom.